The van der Waals surface area contributed by atoms with Crippen LogP contribution >= 0.6 is 23.2 Å². The van der Waals surface area contributed by atoms with Crippen molar-refractivity contribution in [3.63, 3.8) is 0 Å². The molecule has 0 radical (unpaired) electrons. The quantitative estimate of drug-likeness (QED) is 0.0235. The van der Waals surface area contributed by atoms with Crippen LogP contribution in [0.2, 0.25) is 10.0 Å². The van der Waals surface area contributed by atoms with E-state index in [2.05, 4.69) is 16.9 Å². The van der Waals surface area contributed by atoms with Crippen LogP contribution < -0.4 is 11.5 Å². The summed E-state index contributed by atoms with van der Waals surface area (Å²) in [7, 11) is 0. The number of allylic oxidation sites excluding steroid dienone is 1. The van der Waals surface area contributed by atoms with E-state index in [1.807, 2.05) is 79.7 Å². The molecule has 0 aliphatic carbocycles. The molecule has 0 saturated carbocycles. The first-order valence-corrected chi connectivity index (χ1v) is 20.0. The van der Waals surface area contributed by atoms with Gasteiger partial charge in [-0.1, -0.05) is 118 Å². The number of ketones is 2. The van der Waals surface area contributed by atoms with E-state index >= 15 is 0 Å². The smallest absolute Gasteiger partial charge is 0.143 e. The van der Waals surface area contributed by atoms with Crippen LogP contribution in [-0.2, 0) is 50.5 Å². The molecule has 4 aromatic carbocycles. The lowest BCUT2D eigenvalue weighted by Crippen LogP contribution is -2.29. The summed E-state index contributed by atoms with van der Waals surface area (Å²) in [5.41, 5.74) is 17.9. The second kappa shape index (κ2) is 24.8. The lowest BCUT2D eigenvalue weighted by molar-refractivity contribution is -0.119. The standard InChI is InChI=1S/C23H29ClN2O4.C23H27ClN2O3/c1-23(2,29)19-7-3-16(4-8-19)13-18(22(25)26-30-12-11-27)15-21(28)14-17-5-9-20(24)10-6-17;1-16(2)19-7-3-17(4-8-19)13-20(23(25)26-29-12-11-27)15-22(28)14-18-5-9-21(24)10-6-18/h3-10,18,27,29H,11-15H2,1-2H3,(H2,25,26);3-10,20,27H,1,11-15H2,2H3,(H2,25,26)/t18-;20-/m11/s1. The van der Waals surface area contributed by atoms with E-state index in [0.717, 1.165) is 39.0 Å². The van der Waals surface area contributed by atoms with Crippen molar-refractivity contribution in [2.45, 2.75) is 64.9 Å². The molecule has 59 heavy (non-hydrogen) atoms. The van der Waals surface area contributed by atoms with Crippen molar-refractivity contribution in [3.8, 4) is 0 Å². The molecule has 0 heterocycles. The molecule has 0 saturated heterocycles. The van der Waals surface area contributed by atoms with Gasteiger partial charge in [0.1, 0.15) is 36.5 Å². The third kappa shape index (κ3) is 18.2. The van der Waals surface area contributed by atoms with Gasteiger partial charge in [0.05, 0.1) is 18.8 Å². The van der Waals surface area contributed by atoms with E-state index in [-0.39, 0.29) is 80.8 Å². The van der Waals surface area contributed by atoms with Crippen molar-refractivity contribution in [2.24, 2.45) is 33.6 Å². The third-order valence-corrected chi connectivity index (χ3v) is 9.69. The molecule has 4 aromatic rings. The number of rotatable bonds is 22. The number of hydrogen-bond donors (Lipinski definition) is 5. The van der Waals surface area contributed by atoms with Crippen molar-refractivity contribution in [3.05, 3.63) is 147 Å². The van der Waals surface area contributed by atoms with E-state index in [0.29, 0.717) is 29.3 Å². The second-order valence-electron chi connectivity index (χ2n) is 14.8. The number of carbonyl (C=O) groups is 2. The maximum atomic E-state index is 12.7. The van der Waals surface area contributed by atoms with Gasteiger partial charge in [0.15, 0.2) is 0 Å². The molecule has 0 aromatic heterocycles. The molecule has 7 N–H and O–H groups in total. The van der Waals surface area contributed by atoms with Gasteiger partial charge in [-0.15, -0.1) is 0 Å². The number of nitrogens with zero attached hydrogens (tertiary/aromatic N) is 2. The summed E-state index contributed by atoms with van der Waals surface area (Å²) in [6.45, 7) is 9.11. The monoisotopic (exact) mass is 846 g/mol. The number of halogens is 2. The fourth-order valence-corrected chi connectivity index (χ4v) is 6.18. The first kappa shape index (κ1) is 48.3. The Balaban J connectivity index is 0.000000316. The SMILES string of the molecule is C=C(C)c1ccc(C[C@H](CC(=O)Cc2ccc(Cl)cc2)/C(N)=N/OCCO)cc1.CC(C)(O)c1ccc(C[C@H](CC(=O)Cc2ccc(Cl)cc2)/C(N)=N/OCCO)cc1. The van der Waals surface area contributed by atoms with Gasteiger partial charge < -0.3 is 36.5 Å². The van der Waals surface area contributed by atoms with Gasteiger partial charge in [-0.25, -0.2) is 0 Å². The third-order valence-electron chi connectivity index (χ3n) is 9.19. The number of benzene rings is 4. The molecule has 316 valence electrons. The van der Waals surface area contributed by atoms with Gasteiger partial charge in [0.25, 0.3) is 0 Å². The first-order valence-electron chi connectivity index (χ1n) is 19.3. The molecular weight excluding hydrogens is 791 g/mol. The van der Waals surface area contributed by atoms with Crippen molar-refractivity contribution >= 4 is 52.0 Å². The van der Waals surface area contributed by atoms with Crippen LogP contribution in [0.1, 0.15) is 67.0 Å². The Morgan fingerprint density at radius 1 is 0.661 bits per heavy atom. The number of nitrogens with two attached hydrogens (primary N) is 2. The lowest BCUT2D eigenvalue weighted by atomic mass is 9.90. The average molecular weight is 848 g/mol. The first-order chi connectivity index (χ1) is 28.1. The molecular formula is C46H56Cl2N4O7. The fraction of sp³-hybridized carbons (Fsp3) is 0.348. The molecule has 2 atom stereocenters. The summed E-state index contributed by atoms with van der Waals surface area (Å²) in [6, 6.07) is 29.9. The van der Waals surface area contributed by atoms with E-state index in [1.165, 1.54) is 0 Å². The van der Waals surface area contributed by atoms with Crippen LogP contribution in [0, 0.1) is 11.8 Å². The highest BCUT2D eigenvalue weighted by Crippen LogP contribution is 2.23. The summed E-state index contributed by atoms with van der Waals surface area (Å²) >= 11 is 11.8. The van der Waals surface area contributed by atoms with E-state index in [1.54, 1.807) is 38.1 Å². The molecule has 0 unspecified atom stereocenters. The Labute approximate surface area is 357 Å². The van der Waals surface area contributed by atoms with Gasteiger partial charge in [-0.2, -0.15) is 0 Å². The average Bonchev–Trinajstić information content (AvgIpc) is 3.19. The van der Waals surface area contributed by atoms with Crippen LogP contribution in [0.25, 0.3) is 5.57 Å². The predicted molar refractivity (Wildman–Crippen MR) is 236 cm³/mol. The van der Waals surface area contributed by atoms with Gasteiger partial charge in [0, 0.05) is 47.6 Å². The van der Waals surface area contributed by atoms with Crippen LogP contribution in [-0.4, -0.2) is 65.0 Å². The normalized spacial score (nSPS) is 12.8. The summed E-state index contributed by atoms with van der Waals surface area (Å²) in [6.07, 6.45) is 2.07. The van der Waals surface area contributed by atoms with Gasteiger partial charge in [-0.3, -0.25) is 9.59 Å². The molecule has 11 nitrogen and oxygen atoms in total. The number of hydrogen-bond acceptors (Lipinski definition) is 9. The topological polar surface area (TPSA) is 190 Å². The van der Waals surface area contributed by atoms with Crippen molar-refractivity contribution in [2.75, 3.05) is 26.4 Å². The van der Waals surface area contributed by atoms with Crippen LogP contribution in [0.3, 0.4) is 0 Å². The highest BCUT2D eigenvalue weighted by Gasteiger charge is 2.22. The zero-order chi connectivity index (χ0) is 43.4. The van der Waals surface area contributed by atoms with Gasteiger partial charge >= 0.3 is 0 Å². The Hall–Kier alpha value is -5.04. The maximum absolute atomic E-state index is 12.7. The number of carbonyl (C=O) groups excluding carboxylic acids is 2. The fourth-order valence-electron chi connectivity index (χ4n) is 5.93. The molecule has 0 aliphatic rings. The predicted octanol–water partition coefficient (Wildman–Crippen LogP) is 7.22. The Bertz CT molecular complexity index is 1980. The Morgan fingerprint density at radius 2 is 1.02 bits per heavy atom. The minimum absolute atomic E-state index is 0.0238. The number of amidine groups is 2. The largest absolute Gasteiger partial charge is 0.393 e. The second-order valence-corrected chi connectivity index (χ2v) is 15.6. The minimum Gasteiger partial charge on any atom is -0.393 e. The number of aliphatic hydroxyl groups is 3. The maximum Gasteiger partial charge on any atom is 0.143 e. The summed E-state index contributed by atoms with van der Waals surface area (Å²) in [4.78, 5) is 35.3. The summed E-state index contributed by atoms with van der Waals surface area (Å²) in [5, 5.41) is 36.8. The molecule has 0 bridgehead atoms. The molecule has 0 spiro atoms. The van der Waals surface area contributed by atoms with E-state index in [9.17, 15) is 14.7 Å². The van der Waals surface area contributed by atoms with Gasteiger partial charge in [-0.05, 0) is 91.3 Å². The molecule has 0 amide bonds. The summed E-state index contributed by atoms with van der Waals surface area (Å²) in [5.74, 6) is -0.126. The number of oxime groups is 2. The highest BCUT2D eigenvalue weighted by atomic mass is 35.5. The summed E-state index contributed by atoms with van der Waals surface area (Å²) < 4.78 is 0. The minimum atomic E-state index is -0.925. The van der Waals surface area contributed by atoms with Crippen molar-refractivity contribution in [1.29, 1.82) is 0 Å². The Kier molecular flexibility index (Phi) is 20.3. The van der Waals surface area contributed by atoms with E-state index < -0.39 is 5.60 Å². The van der Waals surface area contributed by atoms with Crippen LogP contribution in [0.4, 0.5) is 0 Å². The van der Waals surface area contributed by atoms with Crippen LogP contribution in [0.15, 0.2) is 114 Å². The van der Waals surface area contributed by atoms with Gasteiger partial charge in [0.2, 0.25) is 0 Å². The van der Waals surface area contributed by atoms with Crippen LogP contribution in [0.5, 0.6) is 0 Å². The van der Waals surface area contributed by atoms with E-state index in [4.69, 9.17) is 54.6 Å². The zero-order valence-corrected chi connectivity index (χ0v) is 35.5. The molecule has 13 heteroatoms. The molecule has 0 aliphatic heterocycles. The molecule has 4 rings (SSSR count). The number of Topliss-reactive ketones (excluding diaryl/α,β-unsaturated/α-hetero) is 2. The van der Waals surface area contributed by atoms with Crippen molar-refractivity contribution < 1.29 is 34.6 Å². The number of aliphatic hydroxyl groups excluding tert-OH is 2. The zero-order valence-electron chi connectivity index (χ0n) is 34.0. The Morgan fingerprint density at radius 3 is 1.36 bits per heavy atom. The lowest BCUT2D eigenvalue weighted by Gasteiger charge is -2.19. The highest BCUT2D eigenvalue weighted by molar-refractivity contribution is 6.30. The van der Waals surface area contributed by atoms with Crippen molar-refractivity contribution in [1.82, 2.24) is 0 Å². The molecule has 0 fully saturated rings.